The van der Waals surface area contributed by atoms with E-state index in [9.17, 15) is 9.59 Å². The number of nitrogens with zero attached hydrogens (tertiary/aromatic N) is 1. The Kier molecular flexibility index (Phi) is 5.36. The molecule has 0 unspecified atom stereocenters. The molecular weight excluding hydrogens is 336 g/mol. The number of aryl methyl sites for hydroxylation is 1. The van der Waals surface area contributed by atoms with Gasteiger partial charge in [-0.25, -0.2) is 0 Å². The summed E-state index contributed by atoms with van der Waals surface area (Å²) in [5, 5.41) is 2.96. The summed E-state index contributed by atoms with van der Waals surface area (Å²) < 4.78 is 0. The van der Waals surface area contributed by atoms with Crippen LogP contribution in [0.25, 0.3) is 0 Å². The molecule has 27 heavy (non-hydrogen) atoms. The molecule has 1 aliphatic heterocycles. The Balaban J connectivity index is 1.77. The summed E-state index contributed by atoms with van der Waals surface area (Å²) >= 11 is 0. The van der Waals surface area contributed by atoms with Crippen LogP contribution in [0.5, 0.6) is 0 Å². The fraction of sp³-hybridized carbons (Fsp3) is 0.391. The third-order valence-electron chi connectivity index (χ3n) is 4.88. The molecule has 0 aliphatic carbocycles. The van der Waals surface area contributed by atoms with Crippen LogP contribution in [-0.4, -0.2) is 18.4 Å². The molecule has 2 amide bonds. The summed E-state index contributed by atoms with van der Waals surface area (Å²) in [6, 6.07) is 13.6. The first-order valence-electron chi connectivity index (χ1n) is 9.65. The van der Waals surface area contributed by atoms with Gasteiger partial charge in [0.05, 0.1) is 0 Å². The van der Waals surface area contributed by atoms with Gasteiger partial charge in [-0.05, 0) is 48.2 Å². The van der Waals surface area contributed by atoms with Gasteiger partial charge in [0.1, 0.15) is 0 Å². The van der Waals surface area contributed by atoms with Crippen molar-refractivity contribution in [2.45, 2.75) is 47.0 Å². The van der Waals surface area contributed by atoms with Crippen molar-refractivity contribution < 1.29 is 9.59 Å². The van der Waals surface area contributed by atoms with Crippen LogP contribution in [0.15, 0.2) is 42.5 Å². The number of carbonyl (C=O) groups excluding carboxylic acids is 2. The van der Waals surface area contributed by atoms with Gasteiger partial charge in [-0.1, -0.05) is 52.3 Å². The van der Waals surface area contributed by atoms with Gasteiger partial charge in [-0.2, -0.15) is 0 Å². The van der Waals surface area contributed by atoms with E-state index in [1.165, 1.54) is 5.56 Å². The largest absolute Gasteiger partial charge is 0.322 e. The fourth-order valence-electron chi connectivity index (χ4n) is 3.39. The second kappa shape index (κ2) is 7.55. The van der Waals surface area contributed by atoms with E-state index >= 15 is 0 Å². The van der Waals surface area contributed by atoms with E-state index in [4.69, 9.17) is 0 Å². The predicted octanol–water partition coefficient (Wildman–Crippen LogP) is 4.83. The number of carbonyl (C=O) groups is 2. The molecule has 0 fully saturated rings. The van der Waals surface area contributed by atoms with E-state index in [0.717, 1.165) is 30.5 Å². The molecule has 1 N–H and O–H groups in total. The summed E-state index contributed by atoms with van der Waals surface area (Å²) in [6.45, 7) is 8.63. The highest BCUT2D eigenvalue weighted by Crippen LogP contribution is 2.34. The molecule has 0 saturated heterocycles. The molecule has 0 aromatic heterocycles. The van der Waals surface area contributed by atoms with E-state index in [2.05, 4.69) is 12.2 Å². The van der Waals surface area contributed by atoms with Gasteiger partial charge in [-0.3, -0.25) is 9.59 Å². The summed E-state index contributed by atoms with van der Waals surface area (Å²) in [6.07, 6.45) is 2.96. The van der Waals surface area contributed by atoms with Gasteiger partial charge >= 0.3 is 0 Å². The topological polar surface area (TPSA) is 49.4 Å². The molecule has 0 saturated carbocycles. The van der Waals surface area contributed by atoms with Crippen LogP contribution < -0.4 is 10.2 Å². The fourth-order valence-corrected chi connectivity index (χ4v) is 3.39. The van der Waals surface area contributed by atoms with Gasteiger partial charge < -0.3 is 10.2 Å². The highest BCUT2D eigenvalue weighted by atomic mass is 16.2. The Hall–Kier alpha value is -2.62. The van der Waals surface area contributed by atoms with Gasteiger partial charge in [0.15, 0.2) is 0 Å². The molecule has 3 rings (SSSR count). The lowest BCUT2D eigenvalue weighted by Gasteiger charge is -2.26. The van der Waals surface area contributed by atoms with Gasteiger partial charge in [0, 0.05) is 28.9 Å². The molecule has 4 heteroatoms. The van der Waals surface area contributed by atoms with Crippen molar-refractivity contribution in [3.05, 3.63) is 59.2 Å². The van der Waals surface area contributed by atoms with Crippen molar-refractivity contribution >= 4 is 23.2 Å². The maximum atomic E-state index is 12.7. The minimum absolute atomic E-state index is 0.108. The van der Waals surface area contributed by atoms with Crippen LogP contribution in [0.3, 0.4) is 0 Å². The zero-order valence-electron chi connectivity index (χ0n) is 16.6. The first-order valence-corrected chi connectivity index (χ1v) is 9.65. The van der Waals surface area contributed by atoms with E-state index < -0.39 is 5.41 Å². The first kappa shape index (κ1) is 19.2. The molecule has 1 heterocycles. The lowest BCUT2D eigenvalue weighted by atomic mass is 9.94. The quantitative estimate of drug-likeness (QED) is 0.845. The minimum Gasteiger partial charge on any atom is -0.322 e. The first-order chi connectivity index (χ1) is 12.8. The van der Waals surface area contributed by atoms with Gasteiger partial charge in [0.2, 0.25) is 5.91 Å². The second-order valence-electron chi connectivity index (χ2n) is 8.20. The van der Waals surface area contributed by atoms with Crippen molar-refractivity contribution in [1.29, 1.82) is 0 Å². The number of benzene rings is 2. The van der Waals surface area contributed by atoms with Crippen LogP contribution in [-0.2, 0) is 17.6 Å². The maximum absolute atomic E-state index is 12.7. The Labute approximate surface area is 161 Å². The molecular formula is C23H28N2O2. The van der Waals surface area contributed by atoms with Gasteiger partial charge in [-0.15, -0.1) is 0 Å². The lowest BCUT2D eigenvalue weighted by molar-refractivity contribution is -0.125. The average Bonchev–Trinajstić information content (AvgIpc) is 3.04. The van der Waals surface area contributed by atoms with Crippen LogP contribution >= 0.6 is 0 Å². The van der Waals surface area contributed by atoms with Crippen LogP contribution in [0.2, 0.25) is 0 Å². The zero-order chi connectivity index (χ0) is 19.6. The molecule has 142 valence electrons. The number of nitrogens with one attached hydrogen (secondary N) is 1. The Bertz CT molecular complexity index is 848. The van der Waals surface area contributed by atoms with E-state index in [1.807, 2.05) is 68.1 Å². The van der Waals surface area contributed by atoms with Crippen molar-refractivity contribution in [3.8, 4) is 0 Å². The molecule has 0 radical (unpaired) electrons. The smallest absolute Gasteiger partial charge is 0.255 e. The summed E-state index contributed by atoms with van der Waals surface area (Å²) in [7, 11) is 0. The monoisotopic (exact) mass is 364 g/mol. The molecule has 4 nitrogen and oxygen atoms in total. The number of anilines is 2. The Morgan fingerprint density at radius 3 is 2.41 bits per heavy atom. The number of fused-ring (bicyclic) bond motifs is 1. The number of amides is 2. The SMILES string of the molecule is CCCc1ccc(C(=O)Nc2ccc3c(c2)N(C(=O)C(C)(C)C)CC3)cc1. The van der Waals surface area contributed by atoms with Crippen LogP contribution in [0, 0.1) is 5.41 Å². The third-order valence-corrected chi connectivity index (χ3v) is 4.88. The second-order valence-corrected chi connectivity index (χ2v) is 8.20. The zero-order valence-corrected chi connectivity index (χ0v) is 16.6. The summed E-state index contributed by atoms with van der Waals surface area (Å²) in [5.41, 5.74) is 4.22. The summed E-state index contributed by atoms with van der Waals surface area (Å²) in [4.78, 5) is 27.1. The Morgan fingerprint density at radius 1 is 1.07 bits per heavy atom. The highest BCUT2D eigenvalue weighted by molar-refractivity contribution is 6.05. The van der Waals surface area contributed by atoms with Crippen LogP contribution in [0.1, 0.15) is 55.6 Å². The lowest BCUT2D eigenvalue weighted by Crippen LogP contribution is -2.38. The normalized spacial score (nSPS) is 13.4. The number of hydrogen-bond acceptors (Lipinski definition) is 2. The number of hydrogen-bond donors (Lipinski definition) is 1. The minimum atomic E-state index is -0.429. The van der Waals surface area contributed by atoms with E-state index in [0.29, 0.717) is 17.8 Å². The van der Waals surface area contributed by atoms with Crippen molar-refractivity contribution in [3.63, 3.8) is 0 Å². The average molecular weight is 364 g/mol. The Morgan fingerprint density at radius 2 is 1.78 bits per heavy atom. The van der Waals surface area contributed by atoms with Crippen molar-refractivity contribution in [2.75, 3.05) is 16.8 Å². The third kappa shape index (κ3) is 4.21. The molecule has 2 aromatic carbocycles. The van der Waals surface area contributed by atoms with E-state index in [-0.39, 0.29) is 11.8 Å². The van der Waals surface area contributed by atoms with Crippen molar-refractivity contribution in [1.82, 2.24) is 0 Å². The maximum Gasteiger partial charge on any atom is 0.255 e. The van der Waals surface area contributed by atoms with Crippen molar-refractivity contribution in [2.24, 2.45) is 5.41 Å². The summed E-state index contributed by atoms with van der Waals surface area (Å²) in [5.74, 6) is -0.0269. The highest BCUT2D eigenvalue weighted by Gasteiger charge is 2.32. The predicted molar refractivity (Wildman–Crippen MR) is 110 cm³/mol. The molecule has 0 spiro atoms. The van der Waals surface area contributed by atoms with Crippen LogP contribution in [0.4, 0.5) is 11.4 Å². The molecule has 0 atom stereocenters. The molecule has 2 aromatic rings. The molecule has 1 aliphatic rings. The van der Waals surface area contributed by atoms with E-state index in [1.54, 1.807) is 0 Å². The van der Waals surface area contributed by atoms with Gasteiger partial charge in [0.25, 0.3) is 5.91 Å². The molecule has 0 bridgehead atoms. The number of rotatable bonds is 4. The standard InChI is InChI=1S/C23H28N2O2/c1-5-6-16-7-9-18(10-8-16)21(26)24-19-12-11-17-13-14-25(20(17)15-19)22(27)23(2,3)4/h7-12,15H,5-6,13-14H2,1-4H3,(H,24,26).